The Morgan fingerprint density at radius 3 is 2.20 bits per heavy atom. The molecule has 5 heteroatoms. The summed E-state index contributed by atoms with van der Waals surface area (Å²) in [5, 5.41) is 12.1. The normalized spacial score (nSPS) is 11.4. The van der Waals surface area contributed by atoms with Gasteiger partial charge in [-0.2, -0.15) is 0 Å². The Kier molecular flexibility index (Phi) is 4.74. The highest BCUT2D eigenvalue weighted by atomic mass is 16.3. The van der Waals surface area contributed by atoms with Gasteiger partial charge in [0.2, 0.25) is 5.91 Å². The van der Waals surface area contributed by atoms with Gasteiger partial charge in [0.1, 0.15) is 5.60 Å². The van der Waals surface area contributed by atoms with Crippen molar-refractivity contribution >= 4 is 11.8 Å². The number of likely N-dealkylation sites (N-methyl/N-ethyl adjacent to an activating group) is 1. The number of aliphatic hydroxyl groups is 1. The summed E-state index contributed by atoms with van der Waals surface area (Å²) in [6.45, 7) is 6.44. The molecule has 5 nitrogen and oxygen atoms in total. The minimum Gasteiger partial charge on any atom is -0.381 e. The van der Waals surface area contributed by atoms with Crippen LogP contribution in [0.2, 0.25) is 0 Å². The van der Waals surface area contributed by atoms with E-state index >= 15 is 0 Å². The minimum atomic E-state index is -1.44. The van der Waals surface area contributed by atoms with Crippen molar-refractivity contribution < 1.29 is 14.7 Å². The molecule has 0 aromatic carbocycles. The summed E-state index contributed by atoms with van der Waals surface area (Å²) in [5.74, 6) is -0.702. The van der Waals surface area contributed by atoms with Gasteiger partial charge in [-0.1, -0.05) is 0 Å². The molecule has 0 saturated heterocycles. The molecule has 2 N–H and O–H groups in total. The number of rotatable bonds is 4. The van der Waals surface area contributed by atoms with Crippen LogP contribution < -0.4 is 5.32 Å². The summed E-state index contributed by atoms with van der Waals surface area (Å²) in [6.07, 6.45) is 0. The second-order valence-electron chi connectivity index (χ2n) is 4.44. The fourth-order valence-electron chi connectivity index (χ4n) is 1.12. The lowest BCUT2D eigenvalue weighted by molar-refractivity contribution is -0.148. The second kappa shape index (κ2) is 5.11. The first-order chi connectivity index (χ1) is 6.64. The SMILES string of the molecule is CC(C)NC(=O)CN(C)C(=O)C(C)(C)O. The van der Waals surface area contributed by atoms with Crippen molar-refractivity contribution in [3.05, 3.63) is 0 Å². The fraction of sp³-hybridized carbons (Fsp3) is 0.800. The average molecular weight is 216 g/mol. The number of carbonyl (C=O) groups is 2. The molecule has 0 spiro atoms. The summed E-state index contributed by atoms with van der Waals surface area (Å²) in [7, 11) is 1.49. The van der Waals surface area contributed by atoms with Crippen molar-refractivity contribution in [3.63, 3.8) is 0 Å². The van der Waals surface area contributed by atoms with E-state index < -0.39 is 11.5 Å². The standard InChI is InChI=1S/C10H20N2O3/c1-7(2)11-8(13)6-12(5)9(14)10(3,4)15/h7,15H,6H2,1-5H3,(H,11,13). The van der Waals surface area contributed by atoms with Crippen LogP contribution in [0.25, 0.3) is 0 Å². The number of hydrogen-bond acceptors (Lipinski definition) is 3. The zero-order chi connectivity index (χ0) is 12.2. The molecule has 0 aromatic heterocycles. The zero-order valence-electron chi connectivity index (χ0n) is 10.00. The summed E-state index contributed by atoms with van der Waals surface area (Å²) < 4.78 is 0. The molecule has 0 fully saturated rings. The molecule has 0 saturated carbocycles. The highest BCUT2D eigenvalue weighted by Gasteiger charge is 2.28. The van der Waals surface area contributed by atoms with Crippen molar-refractivity contribution in [3.8, 4) is 0 Å². The van der Waals surface area contributed by atoms with E-state index in [-0.39, 0.29) is 18.5 Å². The fourth-order valence-corrected chi connectivity index (χ4v) is 1.12. The van der Waals surface area contributed by atoms with Crippen molar-refractivity contribution in [2.45, 2.75) is 39.3 Å². The summed E-state index contributed by atoms with van der Waals surface area (Å²) in [6, 6.07) is 0.0446. The smallest absolute Gasteiger partial charge is 0.254 e. The Morgan fingerprint density at radius 1 is 1.40 bits per heavy atom. The van der Waals surface area contributed by atoms with Crippen LogP contribution >= 0.6 is 0 Å². The Labute approximate surface area is 90.5 Å². The van der Waals surface area contributed by atoms with Crippen LogP contribution in [0.1, 0.15) is 27.7 Å². The topological polar surface area (TPSA) is 69.6 Å². The Bertz CT molecular complexity index is 244. The van der Waals surface area contributed by atoms with Crippen molar-refractivity contribution in [2.24, 2.45) is 0 Å². The van der Waals surface area contributed by atoms with Crippen LogP contribution in [0.15, 0.2) is 0 Å². The lowest BCUT2D eigenvalue weighted by Crippen LogP contribution is -2.47. The maximum absolute atomic E-state index is 11.5. The molecule has 0 rings (SSSR count). The van der Waals surface area contributed by atoms with Crippen LogP contribution in [-0.4, -0.2) is 47.1 Å². The molecule has 0 heterocycles. The third-order valence-corrected chi connectivity index (χ3v) is 1.70. The first-order valence-corrected chi connectivity index (χ1v) is 4.92. The maximum atomic E-state index is 11.5. The molecular formula is C10H20N2O3. The lowest BCUT2D eigenvalue weighted by atomic mass is 10.1. The van der Waals surface area contributed by atoms with E-state index in [0.717, 1.165) is 0 Å². The number of nitrogens with zero attached hydrogens (tertiary/aromatic N) is 1. The van der Waals surface area contributed by atoms with E-state index in [1.54, 1.807) is 0 Å². The van der Waals surface area contributed by atoms with E-state index in [4.69, 9.17) is 0 Å². The average Bonchev–Trinajstić information content (AvgIpc) is 1.99. The van der Waals surface area contributed by atoms with Gasteiger partial charge in [-0.3, -0.25) is 9.59 Å². The molecule has 88 valence electrons. The third-order valence-electron chi connectivity index (χ3n) is 1.70. The zero-order valence-corrected chi connectivity index (χ0v) is 10.00. The number of amides is 2. The predicted molar refractivity (Wildman–Crippen MR) is 57.2 cm³/mol. The molecule has 15 heavy (non-hydrogen) atoms. The quantitative estimate of drug-likeness (QED) is 0.680. The first-order valence-electron chi connectivity index (χ1n) is 4.92. The summed E-state index contributed by atoms with van der Waals surface area (Å²) in [4.78, 5) is 24.0. The number of carbonyl (C=O) groups excluding carboxylic acids is 2. The Hall–Kier alpha value is -1.10. The van der Waals surface area contributed by atoms with Crippen LogP contribution in [0.4, 0.5) is 0 Å². The summed E-state index contributed by atoms with van der Waals surface area (Å²) >= 11 is 0. The van der Waals surface area contributed by atoms with E-state index in [0.29, 0.717) is 0 Å². The molecule has 0 aromatic rings. The van der Waals surface area contributed by atoms with Gasteiger partial charge in [0, 0.05) is 13.1 Å². The minimum absolute atomic E-state index is 0.0407. The third kappa shape index (κ3) is 5.37. The van der Waals surface area contributed by atoms with E-state index in [1.807, 2.05) is 13.8 Å². The van der Waals surface area contributed by atoms with Gasteiger partial charge in [-0.25, -0.2) is 0 Å². The lowest BCUT2D eigenvalue weighted by Gasteiger charge is -2.24. The van der Waals surface area contributed by atoms with Gasteiger partial charge in [0.25, 0.3) is 5.91 Å². The summed E-state index contributed by atoms with van der Waals surface area (Å²) in [5.41, 5.74) is -1.44. The van der Waals surface area contributed by atoms with E-state index in [1.165, 1.54) is 25.8 Å². The molecule has 0 radical (unpaired) electrons. The molecule has 0 unspecified atom stereocenters. The van der Waals surface area contributed by atoms with Crippen LogP contribution in [-0.2, 0) is 9.59 Å². The number of hydrogen-bond donors (Lipinski definition) is 2. The van der Waals surface area contributed by atoms with Gasteiger partial charge in [-0.15, -0.1) is 0 Å². The predicted octanol–water partition coefficient (Wildman–Crippen LogP) is -0.260. The molecule has 0 aliphatic carbocycles. The first kappa shape index (κ1) is 13.9. The Morgan fingerprint density at radius 2 is 1.87 bits per heavy atom. The van der Waals surface area contributed by atoms with Crippen LogP contribution in [0.5, 0.6) is 0 Å². The van der Waals surface area contributed by atoms with Crippen molar-refractivity contribution in [1.82, 2.24) is 10.2 Å². The van der Waals surface area contributed by atoms with Gasteiger partial charge in [0.05, 0.1) is 6.54 Å². The highest BCUT2D eigenvalue weighted by molar-refractivity contribution is 5.88. The van der Waals surface area contributed by atoms with Crippen molar-refractivity contribution in [2.75, 3.05) is 13.6 Å². The van der Waals surface area contributed by atoms with Gasteiger partial charge in [-0.05, 0) is 27.7 Å². The van der Waals surface area contributed by atoms with E-state index in [9.17, 15) is 14.7 Å². The number of nitrogens with one attached hydrogen (secondary N) is 1. The van der Waals surface area contributed by atoms with Crippen LogP contribution in [0.3, 0.4) is 0 Å². The van der Waals surface area contributed by atoms with Crippen LogP contribution in [0, 0.1) is 0 Å². The molecule has 2 amide bonds. The van der Waals surface area contributed by atoms with Crippen molar-refractivity contribution in [1.29, 1.82) is 0 Å². The molecule has 0 atom stereocenters. The Balaban J connectivity index is 4.20. The monoisotopic (exact) mass is 216 g/mol. The molecular weight excluding hydrogens is 196 g/mol. The van der Waals surface area contributed by atoms with E-state index in [2.05, 4.69) is 5.32 Å². The molecule has 0 aliphatic heterocycles. The van der Waals surface area contributed by atoms with Gasteiger partial charge >= 0.3 is 0 Å². The molecule has 0 aliphatic rings. The van der Waals surface area contributed by atoms with Gasteiger partial charge in [0.15, 0.2) is 0 Å². The molecule has 0 bridgehead atoms. The second-order valence-corrected chi connectivity index (χ2v) is 4.44. The van der Waals surface area contributed by atoms with Gasteiger partial charge < -0.3 is 15.3 Å². The highest BCUT2D eigenvalue weighted by Crippen LogP contribution is 2.05. The maximum Gasteiger partial charge on any atom is 0.254 e. The largest absolute Gasteiger partial charge is 0.381 e.